The van der Waals surface area contributed by atoms with Gasteiger partial charge in [-0.15, -0.1) is 0 Å². The van der Waals surface area contributed by atoms with Gasteiger partial charge in [-0.25, -0.2) is 4.79 Å². The van der Waals surface area contributed by atoms with Crippen molar-refractivity contribution in [3.8, 4) is 0 Å². The molecule has 0 radical (unpaired) electrons. The summed E-state index contributed by atoms with van der Waals surface area (Å²) < 4.78 is 0. The minimum absolute atomic E-state index is 0.00232. The topological polar surface area (TPSA) is 188 Å². The van der Waals surface area contributed by atoms with Gasteiger partial charge in [0.1, 0.15) is 12.1 Å². The Morgan fingerprint density at radius 2 is 1.44 bits per heavy atom. The molecule has 2 saturated heterocycles. The van der Waals surface area contributed by atoms with Gasteiger partial charge in [-0.05, 0) is 58.7 Å². The van der Waals surface area contributed by atoms with Crippen molar-refractivity contribution in [2.45, 2.75) is 138 Å². The van der Waals surface area contributed by atoms with E-state index in [1.165, 1.54) is 4.90 Å². The average Bonchev–Trinajstić information content (AvgIpc) is 3.60. The Hall–Kier alpha value is -3.51. The molecule has 2 aliphatic heterocycles. The maximum atomic E-state index is 14.6. The first kappa shape index (κ1) is 39.3. The van der Waals surface area contributed by atoms with E-state index < -0.39 is 69.9 Å². The summed E-state index contributed by atoms with van der Waals surface area (Å²) in [6.07, 6.45) is 4.17. The molecule has 5 N–H and O–H groups in total. The SMILES string of the molecule is CC1(C)CC(=O)N(C[C@@H](NC(=O)N[C@H](C(=O)N2C[C@H]3[C@H](CCC3(C)C)[C@H]2C(=O)NC(CC2CC2)C(=O)C(N)=O)C(C)(C)C)C(C)(C)C)C(=O)C1. The normalized spacial score (nSPS) is 26.5. The number of likely N-dealkylation sites (tertiary alicyclic amines) is 2. The van der Waals surface area contributed by atoms with Crippen LogP contribution >= 0.6 is 0 Å². The largest absolute Gasteiger partial charge is 0.363 e. The molecule has 280 valence electrons. The van der Waals surface area contributed by atoms with Crippen LogP contribution in [-0.4, -0.2) is 88.4 Å². The molecule has 0 spiro atoms. The Balaban J connectivity index is 1.56. The Kier molecular flexibility index (Phi) is 10.9. The van der Waals surface area contributed by atoms with E-state index in [-0.39, 0.29) is 54.4 Å². The van der Waals surface area contributed by atoms with Gasteiger partial charge in [0.05, 0.1) is 12.1 Å². The second-order valence-electron chi connectivity index (χ2n) is 19.0. The summed E-state index contributed by atoms with van der Waals surface area (Å²) in [6.45, 7) is 19.5. The third-order valence-corrected chi connectivity index (χ3v) is 11.4. The van der Waals surface area contributed by atoms with E-state index in [1.807, 2.05) is 55.4 Å². The van der Waals surface area contributed by atoms with Gasteiger partial charge in [-0.3, -0.25) is 33.7 Å². The highest BCUT2D eigenvalue weighted by Gasteiger charge is 2.57. The predicted octanol–water partition coefficient (Wildman–Crippen LogP) is 2.89. The first-order valence-electron chi connectivity index (χ1n) is 18.2. The van der Waals surface area contributed by atoms with E-state index in [4.69, 9.17) is 5.73 Å². The highest BCUT2D eigenvalue weighted by Crippen LogP contribution is 2.53. The summed E-state index contributed by atoms with van der Waals surface area (Å²) in [4.78, 5) is 95.8. The Bertz CT molecular complexity index is 1390. The van der Waals surface area contributed by atoms with E-state index in [9.17, 15) is 33.6 Å². The summed E-state index contributed by atoms with van der Waals surface area (Å²) in [6, 6.07) is -4.25. The van der Waals surface area contributed by atoms with Crippen LogP contribution in [0.5, 0.6) is 0 Å². The van der Waals surface area contributed by atoms with Gasteiger partial charge < -0.3 is 26.6 Å². The van der Waals surface area contributed by atoms with Crippen LogP contribution in [0.25, 0.3) is 0 Å². The molecule has 13 heteroatoms. The number of hydrogen-bond donors (Lipinski definition) is 4. The molecule has 1 unspecified atom stereocenters. The number of hydrogen-bond acceptors (Lipinski definition) is 7. The number of nitrogens with two attached hydrogens (primary N) is 1. The molecule has 13 nitrogen and oxygen atoms in total. The van der Waals surface area contributed by atoms with Crippen LogP contribution in [0.3, 0.4) is 0 Å². The first-order valence-corrected chi connectivity index (χ1v) is 18.2. The second kappa shape index (κ2) is 13.9. The van der Waals surface area contributed by atoms with E-state index >= 15 is 0 Å². The number of urea groups is 1. The van der Waals surface area contributed by atoms with Crippen LogP contribution in [0.2, 0.25) is 0 Å². The van der Waals surface area contributed by atoms with Crippen LogP contribution in [0, 0.1) is 39.4 Å². The highest BCUT2D eigenvalue weighted by molar-refractivity contribution is 6.37. The molecular weight excluding hydrogens is 640 g/mol. The van der Waals surface area contributed by atoms with Crippen molar-refractivity contribution in [2.75, 3.05) is 13.1 Å². The monoisotopic (exact) mass is 700 g/mol. The van der Waals surface area contributed by atoms with Crippen molar-refractivity contribution in [1.82, 2.24) is 25.8 Å². The maximum Gasteiger partial charge on any atom is 0.315 e. The minimum Gasteiger partial charge on any atom is -0.363 e. The zero-order valence-electron chi connectivity index (χ0n) is 31.7. The number of primary amides is 1. The fourth-order valence-corrected chi connectivity index (χ4v) is 8.01. The Labute approximate surface area is 296 Å². The molecule has 4 rings (SSSR count). The van der Waals surface area contributed by atoms with Gasteiger partial charge in [-0.2, -0.15) is 0 Å². The summed E-state index contributed by atoms with van der Waals surface area (Å²) in [7, 11) is 0. The number of Topliss-reactive ketones (excluding diaryl/α,β-unsaturated/α-hetero) is 1. The number of carbonyl (C=O) groups is 7. The highest BCUT2D eigenvalue weighted by atomic mass is 16.2. The summed E-state index contributed by atoms with van der Waals surface area (Å²) in [5.74, 6) is -3.36. The van der Waals surface area contributed by atoms with Gasteiger partial charge >= 0.3 is 6.03 Å². The molecule has 4 aliphatic rings. The molecule has 2 heterocycles. The van der Waals surface area contributed by atoms with Gasteiger partial charge in [0.2, 0.25) is 29.4 Å². The van der Waals surface area contributed by atoms with Crippen LogP contribution in [-0.2, 0) is 28.8 Å². The Morgan fingerprint density at radius 3 is 1.94 bits per heavy atom. The quantitative estimate of drug-likeness (QED) is 0.188. The number of fused-ring (bicyclic) bond motifs is 1. The second-order valence-corrected chi connectivity index (χ2v) is 19.0. The van der Waals surface area contributed by atoms with Crippen molar-refractivity contribution in [1.29, 1.82) is 0 Å². The van der Waals surface area contributed by atoms with Gasteiger partial charge in [0, 0.05) is 25.9 Å². The maximum absolute atomic E-state index is 14.6. The number of ketones is 1. The number of piperidine rings is 1. The standard InChI is InChI=1S/C37H60N6O7/c1-34(2,3)24(19-42-25(44)16-36(7,8)17-26(42)45)40-33(50)41-29(35(4,5)6)32(49)43-18-22-21(13-14-37(22,9)10)27(43)31(48)39-23(15-20-11-12-20)28(46)30(38)47/h20-24,27,29H,11-19H2,1-10H3,(H2,38,47)(H,39,48)(H2,40,41,50)/t21-,22-,23?,24+,27-,29+/m0/s1. The zero-order valence-corrected chi connectivity index (χ0v) is 31.7. The fourth-order valence-electron chi connectivity index (χ4n) is 8.01. The average molecular weight is 701 g/mol. The lowest BCUT2D eigenvalue weighted by Crippen LogP contribution is -2.63. The van der Waals surface area contributed by atoms with Gasteiger partial charge in [0.25, 0.3) is 5.91 Å². The summed E-state index contributed by atoms with van der Waals surface area (Å²) in [5, 5.41) is 8.64. The lowest BCUT2D eigenvalue weighted by molar-refractivity contribution is -0.153. The van der Waals surface area contributed by atoms with Crippen molar-refractivity contribution in [3.05, 3.63) is 0 Å². The molecule has 7 amide bonds. The van der Waals surface area contributed by atoms with Crippen molar-refractivity contribution >= 4 is 41.4 Å². The van der Waals surface area contributed by atoms with E-state index in [2.05, 4.69) is 29.8 Å². The van der Waals surface area contributed by atoms with Gasteiger partial charge in [0.15, 0.2) is 0 Å². The molecule has 2 saturated carbocycles. The number of imide groups is 1. The van der Waals surface area contributed by atoms with Crippen molar-refractivity contribution < 1.29 is 33.6 Å². The molecule has 2 aliphatic carbocycles. The van der Waals surface area contributed by atoms with Crippen molar-refractivity contribution in [2.24, 2.45) is 45.1 Å². The third-order valence-electron chi connectivity index (χ3n) is 11.4. The predicted molar refractivity (Wildman–Crippen MR) is 187 cm³/mol. The number of nitrogens with zero attached hydrogens (tertiary/aromatic N) is 2. The molecule has 4 fully saturated rings. The molecule has 0 aromatic rings. The Morgan fingerprint density at radius 1 is 0.860 bits per heavy atom. The van der Waals surface area contributed by atoms with Crippen LogP contribution in [0.15, 0.2) is 0 Å². The zero-order chi connectivity index (χ0) is 37.7. The van der Waals surface area contributed by atoms with E-state index in [0.29, 0.717) is 19.4 Å². The first-order chi connectivity index (χ1) is 22.8. The van der Waals surface area contributed by atoms with Gasteiger partial charge in [-0.1, -0.05) is 82.1 Å². The minimum atomic E-state index is -1.11. The molecule has 0 aromatic carbocycles. The molecule has 50 heavy (non-hydrogen) atoms. The number of carbonyl (C=O) groups excluding carboxylic acids is 7. The number of nitrogens with one attached hydrogen (secondary N) is 3. The fraction of sp³-hybridized carbons (Fsp3) is 0.811. The number of amides is 7. The van der Waals surface area contributed by atoms with Crippen LogP contribution < -0.4 is 21.7 Å². The molecule has 6 atom stereocenters. The van der Waals surface area contributed by atoms with E-state index in [0.717, 1.165) is 19.3 Å². The van der Waals surface area contributed by atoms with E-state index in [1.54, 1.807) is 4.90 Å². The van der Waals surface area contributed by atoms with Crippen LogP contribution in [0.1, 0.15) is 114 Å². The lowest BCUT2D eigenvalue weighted by atomic mass is 9.79. The van der Waals surface area contributed by atoms with Crippen molar-refractivity contribution in [3.63, 3.8) is 0 Å². The molecular formula is C37H60N6O7. The summed E-state index contributed by atoms with van der Waals surface area (Å²) >= 11 is 0. The lowest BCUT2D eigenvalue weighted by Gasteiger charge is -2.40. The summed E-state index contributed by atoms with van der Waals surface area (Å²) in [5.41, 5.74) is 3.44. The molecule has 0 bridgehead atoms. The van der Waals surface area contributed by atoms with Crippen LogP contribution in [0.4, 0.5) is 4.79 Å². The number of rotatable bonds is 11. The smallest absolute Gasteiger partial charge is 0.315 e. The third kappa shape index (κ3) is 8.85. The molecule has 0 aromatic heterocycles.